The van der Waals surface area contributed by atoms with Gasteiger partial charge in [-0.2, -0.15) is 10.2 Å². The molecule has 2 saturated heterocycles. The van der Waals surface area contributed by atoms with Crippen molar-refractivity contribution in [3.8, 4) is 0 Å². The summed E-state index contributed by atoms with van der Waals surface area (Å²) in [5, 5.41) is 33.3. The van der Waals surface area contributed by atoms with Gasteiger partial charge in [0.1, 0.15) is 23.5 Å². The maximum atomic E-state index is 14.1. The molecule has 4 aliphatic heterocycles. The number of aliphatic hydroxyl groups is 2. The molecular formula is C46H50F2N12O8. The van der Waals surface area contributed by atoms with Crippen molar-refractivity contribution in [2.75, 3.05) is 86.1 Å². The van der Waals surface area contributed by atoms with E-state index in [4.69, 9.17) is 9.47 Å². The van der Waals surface area contributed by atoms with Crippen LogP contribution in [0.15, 0.2) is 73.6 Å². The van der Waals surface area contributed by atoms with Crippen LogP contribution in [-0.4, -0.2) is 163 Å². The lowest BCUT2D eigenvalue weighted by Gasteiger charge is -2.31. The van der Waals surface area contributed by atoms with E-state index < -0.39 is 24.6 Å². The van der Waals surface area contributed by atoms with Gasteiger partial charge in [-0.15, -0.1) is 0 Å². The van der Waals surface area contributed by atoms with Crippen molar-refractivity contribution >= 4 is 57.7 Å². The number of benzene rings is 2. The molecule has 0 aliphatic carbocycles. The van der Waals surface area contributed by atoms with Crippen LogP contribution >= 0.6 is 0 Å². The summed E-state index contributed by atoms with van der Waals surface area (Å²) in [6.45, 7) is 7.24. The van der Waals surface area contributed by atoms with E-state index in [2.05, 4.69) is 40.6 Å². The van der Waals surface area contributed by atoms with E-state index in [-0.39, 0.29) is 49.8 Å². The van der Waals surface area contributed by atoms with E-state index in [0.29, 0.717) is 120 Å². The van der Waals surface area contributed by atoms with Gasteiger partial charge in [-0.3, -0.25) is 19.2 Å². The fourth-order valence-corrected chi connectivity index (χ4v) is 8.53. The number of morpholine rings is 2. The van der Waals surface area contributed by atoms with Crippen LogP contribution in [0, 0.1) is 0 Å². The summed E-state index contributed by atoms with van der Waals surface area (Å²) in [5.41, 5.74) is 6.31. The lowest BCUT2D eigenvalue weighted by molar-refractivity contribution is 0.0510. The van der Waals surface area contributed by atoms with Crippen LogP contribution in [0.5, 0.6) is 0 Å². The van der Waals surface area contributed by atoms with Gasteiger partial charge in [0, 0.05) is 75.2 Å². The molecule has 356 valence electrons. The van der Waals surface area contributed by atoms with Crippen LogP contribution in [0.1, 0.15) is 66.4 Å². The third kappa shape index (κ3) is 9.39. The number of nitrogens with one attached hydrogen (secondary N) is 2. The molecule has 10 rings (SSSR count). The maximum absolute atomic E-state index is 14.1. The largest absolute Gasteiger partial charge is 0.390 e. The summed E-state index contributed by atoms with van der Waals surface area (Å²) in [7, 11) is 0. The number of alkyl halides is 2. The second-order valence-electron chi connectivity index (χ2n) is 16.9. The van der Waals surface area contributed by atoms with Gasteiger partial charge < -0.3 is 49.9 Å². The van der Waals surface area contributed by atoms with E-state index in [9.17, 15) is 38.2 Å². The topological polar surface area (TPSA) is 225 Å². The van der Waals surface area contributed by atoms with E-state index in [0.717, 1.165) is 0 Å². The van der Waals surface area contributed by atoms with Gasteiger partial charge in [-0.1, -0.05) is 0 Å². The number of hydrogen-bond acceptors (Lipinski definition) is 14. The van der Waals surface area contributed by atoms with E-state index in [1.165, 1.54) is 45.1 Å². The number of amides is 4. The summed E-state index contributed by atoms with van der Waals surface area (Å²) in [6.07, 6.45) is 4.09. The summed E-state index contributed by atoms with van der Waals surface area (Å²) in [4.78, 5) is 67.7. The van der Waals surface area contributed by atoms with Crippen molar-refractivity contribution in [2.24, 2.45) is 0 Å². The van der Waals surface area contributed by atoms with Crippen molar-refractivity contribution in [3.05, 3.63) is 107 Å². The average Bonchev–Trinajstić information content (AvgIpc) is 4.12. The van der Waals surface area contributed by atoms with E-state index in [1.807, 2.05) is 0 Å². The lowest BCUT2D eigenvalue weighted by atomic mass is 10.1. The fraction of sp³-hybridized carbons (Fsp3) is 0.391. The summed E-state index contributed by atoms with van der Waals surface area (Å²) in [5.74, 6) is -1.33. The normalized spacial score (nSPS) is 17.7. The Labute approximate surface area is 388 Å². The van der Waals surface area contributed by atoms with Crippen molar-refractivity contribution in [3.63, 3.8) is 0 Å². The molecule has 4 atom stereocenters. The number of rotatable bonds is 12. The molecule has 20 nitrogen and oxygen atoms in total. The lowest BCUT2D eigenvalue weighted by Crippen LogP contribution is -2.37. The van der Waals surface area contributed by atoms with E-state index >= 15 is 0 Å². The third-order valence-electron chi connectivity index (χ3n) is 12.3. The summed E-state index contributed by atoms with van der Waals surface area (Å²) in [6, 6.07) is 10.5. The Morgan fingerprint density at radius 2 is 1.06 bits per heavy atom. The molecule has 0 saturated carbocycles. The molecular weight excluding hydrogens is 887 g/mol. The molecule has 22 heteroatoms. The van der Waals surface area contributed by atoms with Crippen molar-refractivity contribution in [1.82, 2.24) is 39.0 Å². The van der Waals surface area contributed by atoms with Gasteiger partial charge in [-0.05, 0) is 61.4 Å². The monoisotopic (exact) mass is 936 g/mol. The highest BCUT2D eigenvalue weighted by Crippen LogP contribution is 2.37. The van der Waals surface area contributed by atoms with Gasteiger partial charge in [0.15, 0.2) is 11.3 Å². The zero-order valence-corrected chi connectivity index (χ0v) is 37.3. The molecule has 4 amide bonds. The Morgan fingerprint density at radius 1 is 0.662 bits per heavy atom. The molecule has 0 bridgehead atoms. The molecule has 2 aromatic carbocycles. The minimum absolute atomic E-state index is 0.200. The van der Waals surface area contributed by atoms with Crippen molar-refractivity contribution in [1.29, 1.82) is 0 Å². The highest BCUT2D eigenvalue weighted by molar-refractivity contribution is 6.11. The number of carbonyl (C=O) groups excluding carboxylic acids is 4. The Morgan fingerprint density at radius 3 is 1.44 bits per heavy atom. The van der Waals surface area contributed by atoms with Gasteiger partial charge >= 0.3 is 0 Å². The molecule has 6 aromatic rings. The highest BCUT2D eigenvalue weighted by Gasteiger charge is 2.35. The minimum Gasteiger partial charge on any atom is -0.390 e. The zero-order valence-electron chi connectivity index (χ0n) is 37.3. The standard InChI is InChI=1S/2C23H25FN6O4/c2*1-14(31)18(24)13-29-12-15-9-19(20(10-16(15)23(29)33)28-5-7-34-8-6-28)27-22(32)17-11-26-30-4-2-3-25-21(17)30/h2*2-4,9-11,14,18,31H,5-8,12-13H2,1H3,(H,27,32)/t2*14-,18-/m10/s1. The first kappa shape index (κ1) is 46.0. The smallest absolute Gasteiger partial charge is 0.261 e. The first-order chi connectivity index (χ1) is 32.8. The van der Waals surface area contributed by atoms with Crippen LogP contribution in [0.2, 0.25) is 0 Å². The van der Waals surface area contributed by atoms with Crippen molar-refractivity contribution < 1.29 is 47.6 Å². The number of aromatic nitrogens is 6. The summed E-state index contributed by atoms with van der Waals surface area (Å²) >= 11 is 0. The molecule has 4 N–H and O–H groups in total. The zero-order chi connectivity index (χ0) is 47.6. The predicted molar refractivity (Wildman–Crippen MR) is 243 cm³/mol. The maximum Gasteiger partial charge on any atom is 0.261 e. The van der Waals surface area contributed by atoms with Crippen LogP contribution in [0.3, 0.4) is 0 Å². The minimum atomic E-state index is -1.54. The average molecular weight is 937 g/mol. The van der Waals surface area contributed by atoms with Crippen LogP contribution < -0.4 is 20.4 Å². The Bertz CT molecular complexity index is 2670. The molecule has 2 fully saturated rings. The number of halogens is 2. The number of carbonyl (C=O) groups is 4. The number of anilines is 4. The van der Waals surface area contributed by atoms with Crippen molar-refractivity contribution in [2.45, 2.75) is 51.5 Å². The Hall–Kier alpha value is -7.14. The number of fused-ring (bicyclic) bond motifs is 4. The van der Waals surface area contributed by atoms with Crippen LogP contribution in [0.25, 0.3) is 11.3 Å². The molecule has 8 heterocycles. The van der Waals surface area contributed by atoms with E-state index in [1.54, 1.807) is 61.2 Å². The fourth-order valence-electron chi connectivity index (χ4n) is 8.53. The van der Waals surface area contributed by atoms with Crippen LogP contribution in [-0.2, 0) is 22.6 Å². The first-order valence-electron chi connectivity index (χ1n) is 22.3. The Kier molecular flexibility index (Phi) is 13.3. The number of hydrogen-bond donors (Lipinski definition) is 4. The third-order valence-corrected chi connectivity index (χ3v) is 12.3. The SMILES string of the molecule is C[C@@H](O)[C@H](F)CN1Cc2cc(NC(=O)c3cnn4cccnc34)c(N3CCOCC3)cc2C1=O.C[C@H](O)[C@@H](F)CN1Cc2cc(NC(=O)c3cnn4cccnc34)c(N3CCOCC3)cc2C1=O. The Balaban J connectivity index is 0.000000170. The second kappa shape index (κ2) is 19.6. The van der Waals surface area contributed by atoms with Gasteiger partial charge in [0.05, 0.1) is 86.9 Å². The molecule has 0 spiro atoms. The number of aliphatic hydroxyl groups excluding tert-OH is 2. The highest BCUT2D eigenvalue weighted by atomic mass is 19.1. The number of ether oxygens (including phenoxy) is 2. The quantitative estimate of drug-likeness (QED) is 0.139. The van der Waals surface area contributed by atoms with Crippen LogP contribution in [0.4, 0.5) is 31.5 Å². The van der Waals surface area contributed by atoms with Gasteiger partial charge in [0.2, 0.25) is 0 Å². The molecule has 0 radical (unpaired) electrons. The predicted octanol–water partition coefficient (Wildman–Crippen LogP) is 2.99. The number of nitrogens with zero attached hydrogens (tertiary/aromatic N) is 10. The first-order valence-corrected chi connectivity index (χ1v) is 22.3. The summed E-state index contributed by atoms with van der Waals surface area (Å²) < 4.78 is 42.2. The molecule has 68 heavy (non-hydrogen) atoms. The molecule has 4 aromatic heterocycles. The second-order valence-corrected chi connectivity index (χ2v) is 16.9. The van der Waals surface area contributed by atoms with Gasteiger partial charge in [-0.25, -0.2) is 27.8 Å². The molecule has 0 unspecified atom stereocenters. The molecule has 4 aliphatic rings. The van der Waals surface area contributed by atoms with Gasteiger partial charge in [0.25, 0.3) is 23.6 Å².